The molecule has 0 radical (unpaired) electrons. The second kappa shape index (κ2) is 12.7. The van der Waals surface area contributed by atoms with Gasteiger partial charge in [-0.05, 0) is 54.9 Å². The molecule has 9 aromatic rings. The van der Waals surface area contributed by atoms with E-state index in [9.17, 15) is 0 Å². The van der Waals surface area contributed by atoms with Crippen molar-refractivity contribution < 1.29 is 0 Å². The summed E-state index contributed by atoms with van der Waals surface area (Å²) in [6.45, 7) is 0. The van der Waals surface area contributed by atoms with Gasteiger partial charge < -0.3 is 0 Å². The molecule has 3 heteroatoms. The molecule has 3 nitrogen and oxygen atoms in total. The molecule has 0 unspecified atom stereocenters. The minimum Gasteiger partial charge on any atom is -0.208 e. The van der Waals surface area contributed by atoms with Gasteiger partial charge in [-0.15, -0.1) is 0 Å². The first kappa shape index (κ1) is 29.4. The molecule has 0 atom stereocenters. The Labute approximate surface area is 291 Å². The number of rotatable bonds is 6. The maximum Gasteiger partial charge on any atom is 0.164 e. The van der Waals surface area contributed by atoms with Crippen LogP contribution in [-0.2, 0) is 0 Å². The normalized spacial score (nSPS) is 11.2. The highest BCUT2D eigenvalue weighted by atomic mass is 15.0. The molecular formula is C47H31N3. The highest BCUT2D eigenvalue weighted by Gasteiger charge is 2.16. The summed E-state index contributed by atoms with van der Waals surface area (Å²) in [5.41, 5.74) is 10.0. The minimum atomic E-state index is 0.640. The van der Waals surface area contributed by atoms with E-state index in [-0.39, 0.29) is 0 Å². The van der Waals surface area contributed by atoms with Crippen molar-refractivity contribution >= 4 is 21.5 Å². The lowest BCUT2D eigenvalue weighted by atomic mass is 9.92. The predicted molar refractivity (Wildman–Crippen MR) is 207 cm³/mol. The summed E-state index contributed by atoms with van der Waals surface area (Å²) in [6, 6.07) is 65.8. The first-order chi connectivity index (χ1) is 24.8. The van der Waals surface area contributed by atoms with Crippen LogP contribution in [-0.4, -0.2) is 15.0 Å². The van der Waals surface area contributed by atoms with E-state index in [4.69, 9.17) is 15.0 Å². The van der Waals surface area contributed by atoms with Crippen molar-refractivity contribution in [3.63, 3.8) is 0 Å². The van der Waals surface area contributed by atoms with Gasteiger partial charge in [-0.2, -0.15) is 0 Å². The molecule has 0 aliphatic carbocycles. The summed E-state index contributed by atoms with van der Waals surface area (Å²) in [5, 5.41) is 4.72. The Bertz CT molecular complexity index is 2610. The Morgan fingerprint density at radius 3 is 1.04 bits per heavy atom. The molecule has 0 bridgehead atoms. The van der Waals surface area contributed by atoms with E-state index in [1.807, 2.05) is 36.4 Å². The van der Waals surface area contributed by atoms with Crippen LogP contribution in [0.25, 0.3) is 89.1 Å². The molecule has 0 spiro atoms. The van der Waals surface area contributed by atoms with Gasteiger partial charge in [0.25, 0.3) is 0 Å². The smallest absolute Gasteiger partial charge is 0.164 e. The third-order valence-electron chi connectivity index (χ3n) is 9.38. The highest BCUT2D eigenvalue weighted by Crippen LogP contribution is 2.37. The average molecular weight is 638 g/mol. The molecule has 1 heterocycles. The fourth-order valence-electron chi connectivity index (χ4n) is 6.94. The average Bonchev–Trinajstić information content (AvgIpc) is 3.21. The van der Waals surface area contributed by atoms with Crippen LogP contribution in [0.15, 0.2) is 188 Å². The number of fused-ring (bicyclic) bond motifs is 2. The van der Waals surface area contributed by atoms with Crippen LogP contribution in [0.2, 0.25) is 0 Å². The molecule has 0 aliphatic rings. The zero-order valence-electron chi connectivity index (χ0n) is 27.2. The second-order valence-electron chi connectivity index (χ2n) is 12.4. The van der Waals surface area contributed by atoms with Crippen molar-refractivity contribution in [3.8, 4) is 67.5 Å². The van der Waals surface area contributed by atoms with Gasteiger partial charge in [0, 0.05) is 16.7 Å². The summed E-state index contributed by atoms with van der Waals surface area (Å²) < 4.78 is 0. The summed E-state index contributed by atoms with van der Waals surface area (Å²) in [4.78, 5) is 15.2. The Morgan fingerprint density at radius 1 is 0.200 bits per heavy atom. The van der Waals surface area contributed by atoms with Gasteiger partial charge in [-0.1, -0.05) is 188 Å². The van der Waals surface area contributed by atoms with Crippen LogP contribution in [0.1, 0.15) is 0 Å². The topological polar surface area (TPSA) is 38.7 Å². The summed E-state index contributed by atoms with van der Waals surface area (Å²) in [5.74, 6) is 1.94. The molecule has 0 aliphatic heterocycles. The van der Waals surface area contributed by atoms with Crippen LogP contribution in [0.3, 0.4) is 0 Å². The van der Waals surface area contributed by atoms with Crippen molar-refractivity contribution in [1.29, 1.82) is 0 Å². The van der Waals surface area contributed by atoms with Crippen LogP contribution < -0.4 is 0 Å². The zero-order chi connectivity index (χ0) is 33.3. The minimum absolute atomic E-state index is 0.640. The number of aromatic nitrogens is 3. The molecule has 1 aromatic heterocycles. The van der Waals surface area contributed by atoms with Crippen molar-refractivity contribution in [2.75, 3.05) is 0 Å². The van der Waals surface area contributed by atoms with E-state index in [1.165, 1.54) is 38.6 Å². The highest BCUT2D eigenvalue weighted by molar-refractivity contribution is 6.05. The van der Waals surface area contributed by atoms with Crippen molar-refractivity contribution in [3.05, 3.63) is 188 Å². The van der Waals surface area contributed by atoms with Gasteiger partial charge in [0.05, 0.1) is 0 Å². The van der Waals surface area contributed by atoms with Crippen LogP contribution >= 0.6 is 0 Å². The van der Waals surface area contributed by atoms with E-state index >= 15 is 0 Å². The lowest BCUT2D eigenvalue weighted by molar-refractivity contribution is 1.08. The molecule has 50 heavy (non-hydrogen) atoms. The summed E-state index contributed by atoms with van der Waals surface area (Å²) >= 11 is 0. The standard InChI is InChI=1S/C47H31N3/c1-4-14-32(15-5-1)37-22-12-24-43-42(37)23-13-25-44(43)47-49-45(35-18-8-3-9-19-35)48-46(50-47)36-28-26-34(27-29-36)39-31-30-38(33-16-6-2-7-17-33)40-20-10-11-21-41(39)40/h1-31H. The third kappa shape index (κ3) is 5.41. The lowest BCUT2D eigenvalue weighted by Crippen LogP contribution is -2.00. The second-order valence-corrected chi connectivity index (χ2v) is 12.4. The quantitative estimate of drug-likeness (QED) is 0.182. The fraction of sp³-hybridized carbons (Fsp3) is 0. The number of benzene rings is 8. The fourth-order valence-corrected chi connectivity index (χ4v) is 6.94. The van der Waals surface area contributed by atoms with E-state index in [2.05, 4.69) is 152 Å². The first-order valence-corrected chi connectivity index (χ1v) is 16.9. The zero-order valence-corrected chi connectivity index (χ0v) is 27.2. The maximum atomic E-state index is 5.13. The van der Waals surface area contributed by atoms with Gasteiger partial charge >= 0.3 is 0 Å². The van der Waals surface area contributed by atoms with E-state index in [1.54, 1.807) is 0 Å². The van der Waals surface area contributed by atoms with Crippen molar-refractivity contribution in [2.24, 2.45) is 0 Å². The Hall–Kier alpha value is -6.71. The molecule has 8 aromatic carbocycles. The lowest BCUT2D eigenvalue weighted by Gasteiger charge is -2.13. The molecule has 0 saturated carbocycles. The molecular weight excluding hydrogens is 607 g/mol. The monoisotopic (exact) mass is 637 g/mol. The Morgan fingerprint density at radius 2 is 0.520 bits per heavy atom. The SMILES string of the molecule is c1ccc(-c2nc(-c3ccc(-c4ccc(-c5ccccc5)c5ccccc45)cc3)nc(-c3cccc4c(-c5ccccc5)cccc34)n2)cc1. The maximum absolute atomic E-state index is 5.13. The largest absolute Gasteiger partial charge is 0.208 e. The van der Waals surface area contributed by atoms with Crippen molar-refractivity contribution in [1.82, 2.24) is 15.0 Å². The summed E-state index contributed by atoms with van der Waals surface area (Å²) in [7, 11) is 0. The molecule has 0 N–H and O–H groups in total. The molecule has 0 amide bonds. The van der Waals surface area contributed by atoms with Gasteiger partial charge in [0.2, 0.25) is 0 Å². The molecule has 9 rings (SSSR count). The van der Waals surface area contributed by atoms with Crippen molar-refractivity contribution in [2.45, 2.75) is 0 Å². The number of hydrogen-bond acceptors (Lipinski definition) is 3. The predicted octanol–water partition coefficient (Wildman–Crippen LogP) is 12.2. The molecule has 0 fully saturated rings. The number of hydrogen-bond donors (Lipinski definition) is 0. The third-order valence-corrected chi connectivity index (χ3v) is 9.38. The van der Waals surface area contributed by atoms with Gasteiger partial charge in [-0.25, -0.2) is 15.0 Å². The number of nitrogens with zero attached hydrogens (tertiary/aromatic N) is 3. The molecule has 0 saturated heterocycles. The Balaban J connectivity index is 1.16. The van der Waals surface area contributed by atoms with E-state index in [0.717, 1.165) is 33.0 Å². The van der Waals surface area contributed by atoms with E-state index < -0.39 is 0 Å². The Kier molecular flexibility index (Phi) is 7.49. The van der Waals surface area contributed by atoms with Crippen LogP contribution in [0.4, 0.5) is 0 Å². The van der Waals surface area contributed by atoms with Crippen LogP contribution in [0.5, 0.6) is 0 Å². The molecule has 234 valence electrons. The first-order valence-electron chi connectivity index (χ1n) is 16.9. The van der Waals surface area contributed by atoms with E-state index in [0.29, 0.717) is 17.5 Å². The van der Waals surface area contributed by atoms with Crippen LogP contribution in [0, 0.1) is 0 Å². The van der Waals surface area contributed by atoms with Gasteiger partial charge in [-0.3, -0.25) is 0 Å². The summed E-state index contributed by atoms with van der Waals surface area (Å²) in [6.07, 6.45) is 0. The van der Waals surface area contributed by atoms with Gasteiger partial charge in [0.1, 0.15) is 0 Å². The van der Waals surface area contributed by atoms with Gasteiger partial charge in [0.15, 0.2) is 17.5 Å².